The van der Waals surface area contributed by atoms with Gasteiger partial charge in [-0.25, -0.2) is 4.68 Å². The molecule has 0 aliphatic rings. The average Bonchev–Trinajstić information content (AvgIpc) is 2.94. The van der Waals surface area contributed by atoms with E-state index in [-0.39, 0.29) is 12.6 Å². The minimum atomic E-state index is 0.197. The Morgan fingerprint density at radius 3 is 2.61 bits per heavy atom. The number of nitrogens with zero attached hydrogens (tertiary/aromatic N) is 3. The third-order valence-electron chi connectivity index (χ3n) is 4.15. The quantitative estimate of drug-likeness (QED) is 0.824. The third-order valence-corrected chi connectivity index (χ3v) is 4.15. The van der Waals surface area contributed by atoms with Crippen molar-refractivity contribution in [3.8, 4) is 11.8 Å². The lowest BCUT2D eigenvalue weighted by atomic mass is 10.1. The Bertz CT molecular complexity index is 669. The number of aromatic nitrogens is 2. The smallest absolute Gasteiger partial charge is 0.0991 e. The number of aliphatic hydroxyl groups is 1. The number of hydrogen-bond donors (Lipinski definition) is 2. The second kappa shape index (κ2) is 7.91. The van der Waals surface area contributed by atoms with Crippen molar-refractivity contribution < 1.29 is 5.11 Å². The number of nitrogens with one attached hydrogen (secondary N) is 1. The molecule has 2 rings (SSSR count). The first-order valence-electron chi connectivity index (χ1n) is 7.96. The second-order valence-corrected chi connectivity index (χ2v) is 6.00. The van der Waals surface area contributed by atoms with Crippen LogP contribution in [0.1, 0.15) is 43.1 Å². The molecule has 2 N–H and O–H groups in total. The average molecular weight is 312 g/mol. The molecule has 5 heteroatoms. The zero-order chi connectivity index (χ0) is 16.8. The van der Waals surface area contributed by atoms with Crippen molar-refractivity contribution in [2.45, 2.75) is 33.2 Å². The molecule has 0 aliphatic heterocycles. The summed E-state index contributed by atoms with van der Waals surface area (Å²) in [5.41, 5.74) is 3.84. The summed E-state index contributed by atoms with van der Waals surface area (Å²) in [6, 6.07) is 9.73. The predicted octanol–water partition coefficient (Wildman–Crippen LogP) is 2.72. The van der Waals surface area contributed by atoms with Gasteiger partial charge >= 0.3 is 0 Å². The number of rotatable bonds is 7. The van der Waals surface area contributed by atoms with Crippen LogP contribution in [-0.4, -0.2) is 28.0 Å². The first kappa shape index (κ1) is 17.2. The van der Waals surface area contributed by atoms with Crippen LogP contribution in [0.4, 0.5) is 0 Å². The van der Waals surface area contributed by atoms with Gasteiger partial charge in [0.25, 0.3) is 0 Å². The molecule has 0 bridgehead atoms. The van der Waals surface area contributed by atoms with E-state index in [9.17, 15) is 0 Å². The highest BCUT2D eigenvalue weighted by Gasteiger charge is 2.14. The Morgan fingerprint density at radius 2 is 2.00 bits per heavy atom. The van der Waals surface area contributed by atoms with Gasteiger partial charge in [-0.15, -0.1) is 0 Å². The maximum atomic E-state index is 8.97. The van der Waals surface area contributed by atoms with Gasteiger partial charge in [-0.05, 0) is 57.0 Å². The molecule has 0 saturated heterocycles. The fourth-order valence-corrected chi connectivity index (χ4v) is 2.60. The first-order chi connectivity index (χ1) is 11.1. The third kappa shape index (κ3) is 4.19. The van der Waals surface area contributed by atoms with E-state index >= 15 is 0 Å². The Morgan fingerprint density at radius 1 is 1.30 bits per heavy atom. The summed E-state index contributed by atoms with van der Waals surface area (Å²) in [6.45, 7) is 7.40. The topological polar surface area (TPSA) is 73.9 Å². The molecule has 1 aromatic carbocycles. The van der Waals surface area contributed by atoms with Crippen molar-refractivity contribution in [1.82, 2.24) is 15.1 Å². The molecule has 0 radical (unpaired) electrons. The van der Waals surface area contributed by atoms with Crippen LogP contribution >= 0.6 is 0 Å². The molecule has 0 amide bonds. The lowest BCUT2D eigenvalue weighted by Gasteiger charge is -2.17. The molecule has 0 fully saturated rings. The molecule has 2 aromatic rings. The molecule has 0 spiro atoms. The van der Waals surface area contributed by atoms with Gasteiger partial charge < -0.3 is 10.4 Å². The Labute approximate surface area is 137 Å². The van der Waals surface area contributed by atoms with Gasteiger partial charge in [0, 0.05) is 23.9 Å². The van der Waals surface area contributed by atoms with Crippen LogP contribution in [0.3, 0.4) is 0 Å². The van der Waals surface area contributed by atoms with Crippen molar-refractivity contribution in [2.75, 3.05) is 13.2 Å². The van der Waals surface area contributed by atoms with Gasteiger partial charge in [-0.2, -0.15) is 10.4 Å². The molecule has 23 heavy (non-hydrogen) atoms. The Balaban J connectivity index is 2.10. The number of hydrogen-bond acceptors (Lipinski definition) is 4. The highest BCUT2D eigenvalue weighted by Crippen LogP contribution is 2.20. The van der Waals surface area contributed by atoms with Crippen molar-refractivity contribution >= 4 is 0 Å². The van der Waals surface area contributed by atoms with Crippen molar-refractivity contribution in [1.29, 1.82) is 5.26 Å². The van der Waals surface area contributed by atoms with Gasteiger partial charge in [-0.1, -0.05) is 6.92 Å². The second-order valence-electron chi connectivity index (χ2n) is 6.00. The lowest BCUT2D eigenvalue weighted by Crippen LogP contribution is -2.25. The largest absolute Gasteiger partial charge is 0.396 e. The molecule has 1 heterocycles. The molecular weight excluding hydrogens is 288 g/mol. The summed E-state index contributed by atoms with van der Waals surface area (Å²) in [5, 5.41) is 25.8. The summed E-state index contributed by atoms with van der Waals surface area (Å²) in [7, 11) is 0. The molecule has 0 saturated carbocycles. The SMILES string of the molecule is Cc1c(C(C)NCC(C)CCO)cnn1-c1ccc(C#N)cc1. The van der Waals surface area contributed by atoms with Crippen LogP contribution in [0, 0.1) is 24.2 Å². The Kier molecular flexibility index (Phi) is 5.91. The number of nitriles is 1. The lowest BCUT2D eigenvalue weighted by molar-refractivity contribution is 0.258. The van der Waals surface area contributed by atoms with Gasteiger partial charge in [0.1, 0.15) is 0 Å². The molecule has 0 aliphatic carbocycles. The van der Waals surface area contributed by atoms with Crippen molar-refractivity contribution in [3.05, 3.63) is 47.3 Å². The fraction of sp³-hybridized carbons (Fsp3) is 0.444. The number of benzene rings is 1. The van der Waals surface area contributed by atoms with E-state index in [1.165, 1.54) is 0 Å². The highest BCUT2D eigenvalue weighted by molar-refractivity contribution is 5.40. The van der Waals surface area contributed by atoms with Gasteiger partial charge in [-0.3, -0.25) is 0 Å². The first-order valence-corrected chi connectivity index (χ1v) is 7.96. The normalized spacial score (nSPS) is 13.5. The standard InChI is InChI=1S/C18H24N4O/c1-13(8-9-23)11-20-14(2)18-12-21-22(15(18)3)17-6-4-16(10-19)5-7-17/h4-7,12-14,20,23H,8-9,11H2,1-3H3. The van der Waals surface area contributed by atoms with E-state index in [2.05, 4.69) is 37.3 Å². The van der Waals surface area contributed by atoms with E-state index in [1.807, 2.05) is 23.0 Å². The molecular formula is C18H24N4O. The van der Waals surface area contributed by atoms with Gasteiger partial charge in [0.05, 0.1) is 23.5 Å². The van der Waals surface area contributed by atoms with Gasteiger partial charge in [0.15, 0.2) is 0 Å². The molecule has 2 unspecified atom stereocenters. The zero-order valence-electron chi connectivity index (χ0n) is 14.0. The summed E-state index contributed by atoms with van der Waals surface area (Å²) < 4.78 is 1.89. The highest BCUT2D eigenvalue weighted by atomic mass is 16.3. The number of aliphatic hydroxyl groups excluding tert-OH is 1. The monoisotopic (exact) mass is 312 g/mol. The molecule has 122 valence electrons. The maximum absolute atomic E-state index is 8.97. The molecule has 5 nitrogen and oxygen atoms in total. The zero-order valence-corrected chi connectivity index (χ0v) is 14.0. The molecule has 2 atom stereocenters. The van der Waals surface area contributed by atoms with E-state index in [4.69, 9.17) is 10.4 Å². The van der Waals surface area contributed by atoms with E-state index in [0.29, 0.717) is 11.5 Å². The van der Waals surface area contributed by atoms with E-state index in [0.717, 1.165) is 29.9 Å². The van der Waals surface area contributed by atoms with Gasteiger partial charge in [0.2, 0.25) is 0 Å². The summed E-state index contributed by atoms with van der Waals surface area (Å²) >= 11 is 0. The summed E-state index contributed by atoms with van der Waals surface area (Å²) in [4.78, 5) is 0. The fourth-order valence-electron chi connectivity index (χ4n) is 2.60. The predicted molar refractivity (Wildman–Crippen MR) is 90.3 cm³/mol. The van der Waals surface area contributed by atoms with Crippen LogP contribution < -0.4 is 5.32 Å². The molecule has 1 aromatic heterocycles. The van der Waals surface area contributed by atoms with Crippen LogP contribution in [0.15, 0.2) is 30.5 Å². The minimum absolute atomic E-state index is 0.197. The van der Waals surface area contributed by atoms with Crippen LogP contribution in [0.5, 0.6) is 0 Å². The van der Waals surface area contributed by atoms with Crippen LogP contribution in [-0.2, 0) is 0 Å². The van der Waals surface area contributed by atoms with E-state index < -0.39 is 0 Å². The van der Waals surface area contributed by atoms with Crippen molar-refractivity contribution in [2.24, 2.45) is 5.92 Å². The van der Waals surface area contributed by atoms with Crippen LogP contribution in [0.25, 0.3) is 5.69 Å². The van der Waals surface area contributed by atoms with Crippen molar-refractivity contribution in [3.63, 3.8) is 0 Å². The minimum Gasteiger partial charge on any atom is -0.396 e. The maximum Gasteiger partial charge on any atom is 0.0991 e. The summed E-state index contributed by atoms with van der Waals surface area (Å²) in [5.74, 6) is 0.441. The van der Waals surface area contributed by atoms with E-state index in [1.54, 1.807) is 12.1 Å². The van der Waals surface area contributed by atoms with Crippen LogP contribution in [0.2, 0.25) is 0 Å². The summed E-state index contributed by atoms with van der Waals surface area (Å²) in [6.07, 6.45) is 2.70. The Hall–Kier alpha value is -2.16.